The van der Waals surface area contributed by atoms with E-state index in [9.17, 15) is 14.9 Å². The molecule has 2 aromatic rings. The number of esters is 1. The molecule has 0 amide bonds. The molecule has 20 heavy (non-hydrogen) atoms. The molecule has 1 saturated heterocycles. The SMILES string of the molecule is O=C1OCCC1Oc1ccc([N+](=O)[O-])c2cccnc12. The summed E-state index contributed by atoms with van der Waals surface area (Å²) in [6.45, 7) is 0.321. The number of hydrogen-bond acceptors (Lipinski definition) is 6. The molecule has 0 bridgehead atoms. The first-order valence-corrected chi connectivity index (χ1v) is 6.02. The van der Waals surface area contributed by atoms with Crippen LogP contribution in [-0.4, -0.2) is 28.6 Å². The average molecular weight is 274 g/mol. The van der Waals surface area contributed by atoms with Crippen molar-refractivity contribution in [3.8, 4) is 5.75 Å². The highest BCUT2D eigenvalue weighted by Crippen LogP contribution is 2.32. The van der Waals surface area contributed by atoms with Gasteiger partial charge in [0.1, 0.15) is 11.3 Å². The molecule has 1 aliphatic heterocycles. The topological polar surface area (TPSA) is 91.6 Å². The highest BCUT2D eigenvalue weighted by Gasteiger charge is 2.29. The van der Waals surface area contributed by atoms with Crippen LogP contribution in [0.25, 0.3) is 10.9 Å². The number of cyclic esters (lactones) is 1. The minimum atomic E-state index is -0.679. The molecule has 0 spiro atoms. The number of hydrogen-bond donors (Lipinski definition) is 0. The van der Waals surface area contributed by atoms with Crippen molar-refractivity contribution in [2.45, 2.75) is 12.5 Å². The number of carbonyl (C=O) groups excluding carboxylic acids is 1. The van der Waals surface area contributed by atoms with Crippen molar-refractivity contribution in [2.24, 2.45) is 0 Å². The van der Waals surface area contributed by atoms with Crippen LogP contribution in [0.2, 0.25) is 0 Å². The number of nitrogens with zero attached hydrogens (tertiary/aromatic N) is 2. The monoisotopic (exact) mass is 274 g/mol. The summed E-state index contributed by atoms with van der Waals surface area (Å²) in [5, 5.41) is 11.4. The van der Waals surface area contributed by atoms with Gasteiger partial charge in [-0.3, -0.25) is 15.1 Å². The Kier molecular flexibility index (Phi) is 2.94. The molecule has 1 aromatic heterocycles. The van der Waals surface area contributed by atoms with Gasteiger partial charge < -0.3 is 9.47 Å². The van der Waals surface area contributed by atoms with Crippen LogP contribution in [0.1, 0.15) is 6.42 Å². The smallest absolute Gasteiger partial charge is 0.347 e. The van der Waals surface area contributed by atoms with Gasteiger partial charge in [0.15, 0.2) is 6.10 Å². The number of pyridine rings is 1. The summed E-state index contributed by atoms with van der Waals surface area (Å²) in [6, 6.07) is 6.02. The van der Waals surface area contributed by atoms with Gasteiger partial charge in [0.05, 0.1) is 16.9 Å². The number of fused-ring (bicyclic) bond motifs is 1. The zero-order chi connectivity index (χ0) is 14.1. The molecule has 3 rings (SSSR count). The number of benzene rings is 1. The lowest BCUT2D eigenvalue weighted by Gasteiger charge is -2.11. The number of non-ortho nitro benzene ring substituents is 1. The van der Waals surface area contributed by atoms with E-state index in [1.807, 2.05) is 0 Å². The van der Waals surface area contributed by atoms with E-state index in [4.69, 9.17) is 9.47 Å². The van der Waals surface area contributed by atoms with E-state index in [-0.39, 0.29) is 5.69 Å². The lowest BCUT2D eigenvalue weighted by atomic mass is 10.1. The standard InChI is InChI=1S/C13H10N2O5/c16-13-11(5-7-19-13)20-10-4-3-9(15(17)18)8-2-1-6-14-12(8)10/h1-4,6,11H,5,7H2. The van der Waals surface area contributed by atoms with Gasteiger partial charge in [-0.05, 0) is 18.2 Å². The zero-order valence-corrected chi connectivity index (χ0v) is 10.3. The Morgan fingerprint density at radius 1 is 1.40 bits per heavy atom. The van der Waals surface area contributed by atoms with Crippen molar-refractivity contribution >= 4 is 22.6 Å². The Morgan fingerprint density at radius 2 is 2.25 bits per heavy atom. The number of aromatic nitrogens is 1. The Labute approximate surface area is 113 Å². The first-order chi connectivity index (χ1) is 9.66. The second-order valence-corrected chi connectivity index (χ2v) is 4.30. The van der Waals surface area contributed by atoms with Crippen molar-refractivity contribution in [1.29, 1.82) is 0 Å². The quantitative estimate of drug-likeness (QED) is 0.481. The van der Waals surface area contributed by atoms with E-state index in [0.29, 0.717) is 29.7 Å². The summed E-state index contributed by atoms with van der Waals surface area (Å²) >= 11 is 0. The van der Waals surface area contributed by atoms with Crippen molar-refractivity contribution in [1.82, 2.24) is 4.98 Å². The molecule has 0 aliphatic carbocycles. The first-order valence-electron chi connectivity index (χ1n) is 6.02. The van der Waals surface area contributed by atoms with Gasteiger partial charge in [0.25, 0.3) is 5.69 Å². The van der Waals surface area contributed by atoms with E-state index in [0.717, 1.165) is 0 Å². The molecule has 0 N–H and O–H groups in total. The molecule has 7 heteroatoms. The van der Waals surface area contributed by atoms with E-state index < -0.39 is 17.0 Å². The third-order valence-electron chi connectivity index (χ3n) is 3.06. The van der Waals surface area contributed by atoms with Crippen molar-refractivity contribution in [3.63, 3.8) is 0 Å². The molecular formula is C13H10N2O5. The van der Waals surface area contributed by atoms with Crippen LogP contribution >= 0.6 is 0 Å². The number of carbonyl (C=O) groups is 1. The molecule has 1 aromatic carbocycles. The number of rotatable bonds is 3. The van der Waals surface area contributed by atoms with Crippen molar-refractivity contribution in [3.05, 3.63) is 40.6 Å². The summed E-state index contributed by atoms with van der Waals surface area (Å²) in [5.74, 6) is -0.0810. The fraction of sp³-hybridized carbons (Fsp3) is 0.231. The van der Waals surface area contributed by atoms with E-state index in [1.54, 1.807) is 12.1 Å². The molecule has 7 nitrogen and oxygen atoms in total. The Balaban J connectivity index is 2.06. The maximum atomic E-state index is 11.4. The minimum absolute atomic E-state index is 0.0468. The van der Waals surface area contributed by atoms with Gasteiger partial charge in [0.2, 0.25) is 0 Å². The highest BCUT2D eigenvalue weighted by atomic mass is 16.6. The van der Waals surface area contributed by atoms with Gasteiger partial charge in [-0.15, -0.1) is 0 Å². The third kappa shape index (κ3) is 2.03. The molecule has 1 fully saturated rings. The largest absolute Gasteiger partial charge is 0.476 e. The highest BCUT2D eigenvalue weighted by molar-refractivity contribution is 5.92. The number of nitro benzene ring substituents is 1. The van der Waals surface area contributed by atoms with Gasteiger partial charge in [-0.1, -0.05) is 0 Å². The second-order valence-electron chi connectivity index (χ2n) is 4.30. The number of ether oxygens (including phenoxy) is 2. The fourth-order valence-corrected chi connectivity index (χ4v) is 2.12. The third-order valence-corrected chi connectivity index (χ3v) is 3.06. The number of nitro groups is 1. The van der Waals surface area contributed by atoms with E-state index >= 15 is 0 Å². The normalized spacial score (nSPS) is 18.0. The van der Waals surface area contributed by atoms with Crippen LogP contribution in [0, 0.1) is 10.1 Å². The van der Waals surface area contributed by atoms with Gasteiger partial charge in [0, 0.05) is 18.7 Å². The summed E-state index contributed by atoms with van der Waals surface area (Å²) in [5.41, 5.74) is 0.316. The predicted octanol–water partition coefficient (Wildman–Crippen LogP) is 1.84. The van der Waals surface area contributed by atoms with E-state index in [2.05, 4.69) is 4.98 Å². The van der Waals surface area contributed by atoms with Crippen molar-refractivity contribution in [2.75, 3.05) is 6.61 Å². The van der Waals surface area contributed by atoms with Crippen molar-refractivity contribution < 1.29 is 19.2 Å². The summed E-state index contributed by atoms with van der Waals surface area (Å²) in [7, 11) is 0. The Morgan fingerprint density at radius 3 is 2.95 bits per heavy atom. The molecule has 0 saturated carbocycles. The maximum absolute atomic E-state index is 11.4. The molecule has 2 heterocycles. The van der Waals surface area contributed by atoms with Gasteiger partial charge >= 0.3 is 5.97 Å². The summed E-state index contributed by atoms with van der Waals surface area (Å²) in [4.78, 5) is 26.0. The van der Waals surface area contributed by atoms with Gasteiger partial charge in [-0.2, -0.15) is 0 Å². The lowest BCUT2D eigenvalue weighted by molar-refractivity contribution is -0.383. The Hall–Kier alpha value is -2.70. The van der Waals surface area contributed by atoms with Crippen LogP contribution < -0.4 is 4.74 Å². The van der Waals surface area contributed by atoms with Crippen LogP contribution in [0.5, 0.6) is 5.75 Å². The van der Waals surface area contributed by atoms with Crippen LogP contribution in [-0.2, 0) is 9.53 Å². The zero-order valence-electron chi connectivity index (χ0n) is 10.3. The molecule has 1 aliphatic rings. The molecule has 0 radical (unpaired) electrons. The van der Waals surface area contributed by atoms with E-state index in [1.165, 1.54) is 18.3 Å². The predicted molar refractivity (Wildman–Crippen MR) is 68.4 cm³/mol. The summed E-state index contributed by atoms with van der Waals surface area (Å²) in [6.07, 6.45) is 1.30. The molecule has 1 unspecified atom stereocenters. The maximum Gasteiger partial charge on any atom is 0.347 e. The minimum Gasteiger partial charge on any atom is -0.476 e. The van der Waals surface area contributed by atoms with Crippen LogP contribution in [0.3, 0.4) is 0 Å². The molecular weight excluding hydrogens is 264 g/mol. The molecule has 1 atom stereocenters. The van der Waals surface area contributed by atoms with Crippen LogP contribution in [0.4, 0.5) is 5.69 Å². The van der Waals surface area contributed by atoms with Crippen LogP contribution in [0.15, 0.2) is 30.5 Å². The average Bonchev–Trinajstić information content (AvgIpc) is 2.84. The second kappa shape index (κ2) is 4.76. The lowest BCUT2D eigenvalue weighted by Crippen LogP contribution is -2.21. The first kappa shape index (κ1) is 12.3. The molecule has 102 valence electrons. The van der Waals surface area contributed by atoms with Gasteiger partial charge in [-0.25, -0.2) is 4.79 Å². The Bertz CT molecular complexity index is 700. The summed E-state index contributed by atoms with van der Waals surface area (Å²) < 4.78 is 10.4. The fourth-order valence-electron chi connectivity index (χ4n) is 2.12.